The van der Waals surface area contributed by atoms with Crippen LogP contribution in [-0.2, 0) is 0 Å². The van der Waals surface area contributed by atoms with E-state index in [0.717, 1.165) is 11.3 Å². The number of aliphatic hydroxyl groups is 1. The fourth-order valence-electron chi connectivity index (χ4n) is 1.88. The number of benzene rings is 1. The van der Waals surface area contributed by atoms with E-state index in [1.807, 2.05) is 24.3 Å². The molecule has 0 aliphatic carbocycles. The Balaban J connectivity index is 1.88. The highest BCUT2D eigenvalue weighted by Gasteiger charge is 2.12. The van der Waals surface area contributed by atoms with Gasteiger partial charge in [-0.05, 0) is 36.8 Å². The third kappa shape index (κ3) is 3.59. The van der Waals surface area contributed by atoms with Gasteiger partial charge in [-0.15, -0.1) is 0 Å². The number of aliphatic hydroxyl groups excluding tert-OH is 1. The van der Waals surface area contributed by atoms with Crippen molar-refractivity contribution in [3.05, 3.63) is 54.0 Å². The van der Waals surface area contributed by atoms with Gasteiger partial charge in [-0.3, -0.25) is 0 Å². The molecule has 4 nitrogen and oxygen atoms in total. The zero-order valence-corrected chi connectivity index (χ0v) is 11.2. The first-order chi connectivity index (χ1) is 9.20. The van der Waals surface area contributed by atoms with Crippen LogP contribution in [0, 0.1) is 0 Å². The number of hydrogen-bond donors (Lipinski definition) is 2. The second kappa shape index (κ2) is 6.41. The molecule has 0 saturated heterocycles. The molecule has 1 aromatic heterocycles. The van der Waals surface area contributed by atoms with E-state index in [9.17, 15) is 5.11 Å². The molecule has 2 aromatic rings. The summed E-state index contributed by atoms with van der Waals surface area (Å²) in [7, 11) is 1.65. The van der Waals surface area contributed by atoms with Gasteiger partial charge in [0, 0.05) is 12.6 Å². The van der Waals surface area contributed by atoms with Crippen LogP contribution in [0.25, 0.3) is 0 Å². The summed E-state index contributed by atoms with van der Waals surface area (Å²) in [5, 5.41) is 13.2. The maximum atomic E-state index is 9.91. The lowest BCUT2D eigenvalue weighted by Gasteiger charge is -2.16. The van der Waals surface area contributed by atoms with E-state index in [4.69, 9.17) is 9.15 Å². The summed E-state index contributed by atoms with van der Waals surface area (Å²) in [6.45, 7) is 2.50. The second-order valence-corrected chi connectivity index (χ2v) is 4.43. The van der Waals surface area contributed by atoms with Gasteiger partial charge in [-0.25, -0.2) is 0 Å². The van der Waals surface area contributed by atoms with Crippen molar-refractivity contribution < 1.29 is 14.3 Å². The lowest BCUT2D eigenvalue weighted by atomic mass is 10.1. The van der Waals surface area contributed by atoms with E-state index in [1.54, 1.807) is 25.5 Å². The van der Waals surface area contributed by atoms with E-state index >= 15 is 0 Å². The Morgan fingerprint density at radius 1 is 1.26 bits per heavy atom. The molecule has 0 spiro atoms. The summed E-state index contributed by atoms with van der Waals surface area (Å²) in [4.78, 5) is 0. The first-order valence-electron chi connectivity index (χ1n) is 6.29. The summed E-state index contributed by atoms with van der Waals surface area (Å²) in [5.41, 5.74) is 1.15. The van der Waals surface area contributed by atoms with Gasteiger partial charge in [0.25, 0.3) is 0 Å². The quantitative estimate of drug-likeness (QED) is 0.839. The predicted molar refractivity (Wildman–Crippen MR) is 73.1 cm³/mol. The van der Waals surface area contributed by atoms with Gasteiger partial charge in [0.15, 0.2) is 0 Å². The molecule has 1 heterocycles. The zero-order chi connectivity index (χ0) is 13.7. The first kappa shape index (κ1) is 13.6. The number of ether oxygens (including phenoxy) is 1. The summed E-state index contributed by atoms with van der Waals surface area (Å²) in [6, 6.07) is 11.6. The molecule has 102 valence electrons. The molecular formula is C15H19NO3. The Labute approximate surface area is 113 Å². The van der Waals surface area contributed by atoms with Crippen molar-refractivity contribution >= 4 is 0 Å². The topological polar surface area (TPSA) is 54.6 Å². The summed E-state index contributed by atoms with van der Waals surface area (Å²) in [5.74, 6) is 1.42. The van der Waals surface area contributed by atoms with Crippen LogP contribution in [0.4, 0.5) is 0 Å². The molecule has 2 atom stereocenters. The average molecular weight is 261 g/mol. The van der Waals surface area contributed by atoms with Crippen molar-refractivity contribution in [3.63, 3.8) is 0 Å². The van der Waals surface area contributed by atoms with Gasteiger partial charge in [0.1, 0.15) is 17.6 Å². The maximum absolute atomic E-state index is 9.91. The van der Waals surface area contributed by atoms with Crippen molar-refractivity contribution in [2.75, 3.05) is 13.7 Å². The molecular weight excluding hydrogens is 242 g/mol. The molecule has 19 heavy (non-hydrogen) atoms. The molecule has 2 rings (SSSR count). The summed E-state index contributed by atoms with van der Waals surface area (Å²) >= 11 is 0. The van der Waals surface area contributed by atoms with Gasteiger partial charge >= 0.3 is 0 Å². The Morgan fingerprint density at radius 2 is 2.00 bits per heavy atom. The molecule has 1 aromatic carbocycles. The maximum Gasteiger partial charge on any atom is 0.133 e. The van der Waals surface area contributed by atoms with Crippen molar-refractivity contribution in [3.8, 4) is 5.75 Å². The van der Waals surface area contributed by atoms with Gasteiger partial charge in [0.2, 0.25) is 0 Å². The molecule has 0 aliphatic heterocycles. The largest absolute Gasteiger partial charge is 0.497 e. The van der Waals surface area contributed by atoms with E-state index in [2.05, 4.69) is 12.2 Å². The van der Waals surface area contributed by atoms with Crippen LogP contribution in [0.5, 0.6) is 5.75 Å². The third-order valence-corrected chi connectivity index (χ3v) is 3.10. The highest BCUT2D eigenvalue weighted by molar-refractivity contribution is 5.28. The molecule has 4 heteroatoms. The second-order valence-electron chi connectivity index (χ2n) is 4.43. The van der Waals surface area contributed by atoms with Crippen molar-refractivity contribution in [1.82, 2.24) is 5.32 Å². The molecule has 2 N–H and O–H groups in total. The molecule has 0 fully saturated rings. The normalized spacial score (nSPS) is 14.1. The smallest absolute Gasteiger partial charge is 0.133 e. The van der Waals surface area contributed by atoms with Crippen LogP contribution in [0.15, 0.2) is 47.1 Å². The third-order valence-electron chi connectivity index (χ3n) is 3.10. The lowest BCUT2D eigenvalue weighted by molar-refractivity contribution is 0.144. The number of rotatable bonds is 6. The highest BCUT2D eigenvalue weighted by Crippen LogP contribution is 2.18. The molecule has 0 bridgehead atoms. The van der Waals surface area contributed by atoms with E-state index in [1.165, 1.54) is 0 Å². The van der Waals surface area contributed by atoms with Crippen molar-refractivity contribution in [1.29, 1.82) is 0 Å². The Hall–Kier alpha value is -1.78. The summed E-state index contributed by atoms with van der Waals surface area (Å²) < 4.78 is 10.3. The van der Waals surface area contributed by atoms with E-state index in [0.29, 0.717) is 12.3 Å². The average Bonchev–Trinajstić information content (AvgIpc) is 2.98. The van der Waals surface area contributed by atoms with Gasteiger partial charge in [0.05, 0.1) is 13.4 Å². The minimum Gasteiger partial charge on any atom is -0.497 e. The van der Waals surface area contributed by atoms with Crippen LogP contribution in [0.1, 0.15) is 30.4 Å². The Bertz CT molecular complexity index is 479. The molecule has 0 saturated carbocycles. The first-order valence-corrected chi connectivity index (χ1v) is 6.29. The zero-order valence-electron chi connectivity index (χ0n) is 11.2. The Morgan fingerprint density at radius 3 is 2.58 bits per heavy atom. The van der Waals surface area contributed by atoms with Crippen LogP contribution >= 0.6 is 0 Å². The predicted octanol–water partition coefficient (Wildman–Crippen LogP) is 2.67. The highest BCUT2D eigenvalue weighted by atomic mass is 16.5. The molecule has 0 aliphatic rings. The summed E-state index contributed by atoms with van der Waals surface area (Å²) in [6.07, 6.45) is 0.932. The van der Waals surface area contributed by atoms with E-state index in [-0.39, 0.29) is 6.04 Å². The van der Waals surface area contributed by atoms with Crippen molar-refractivity contribution in [2.45, 2.75) is 19.1 Å². The minimum absolute atomic E-state index is 0.149. The van der Waals surface area contributed by atoms with Gasteiger partial charge < -0.3 is 19.6 Å². The number of methoxy groups -OCH3 is 1. The van der Waals surface area contributed by atoms with Gasteiger partial charge in [-0.2, -0.15) is 0 Å². The van der Waals surface area contributed by atoms with Crippen LogP contribution in [0.3, 0.4) is 0 Å². The van der Waals surface area contributed by atoms with Crippen LogP contribution in [-0.4, -0.2) is 18.8 Å². The minimum atomic E-state index is -0.629. The van der Waals surface area contributed by atoms with Gasteiger partial charge in [-0.1, -0.05) is 12.1 Å². The van der Waals surface area contributed by atoms with E-state index < -0.39 is 6.10 Å². The SMILES string of the molecule is COc1ccc([C@@H](C)NCC(O)c2ccco2)cc1. The number of furan rings is 1. The van der Waals surface area contributed by atoms with Crippen LogP contribution < -0.4 is 10.1 Å². The standard InChI is InChI=1S/C15H19NO3/c1-11(12-5-7-13(18-2)8-6-12)16-10-14(17)15-4-3-9-19-15/h3-9,11,14,16-17H,10H2,1-2H3/t11-,14?/m1/s1. The van der Waals surface area contributed by atoms with Crippen molar-refractivity contribution in [2.24, 2.45) is 0 Å². The number of nitrogens with one attached hydrogen (secondary N) is 1. The lowest BCUT2D eigenvalue weighted by Crippen LogP contribution is -2.24. The Kier molecular flexibility index (Phi) is 4.60. The fraction of sp³-hybridized carbons (Fsp3) is 0.333. The molecule has 0 amide bonds. The molecule has 1 unspecified atom stereocenters. The monoisotopic (exact) mass is 261 g/mol. The fourth-order valence-corrected chi connectivity index (χ4v) is 1.88. The number of hydrogen-bond acceptors (Lipinski definition) is 4. The van der Waals surface area contributed by atoms with Crippen LogP contribution in [0.2, 0.25) is 0 Å². The molecule has 0 radical (unpaired) electrons.